The predicted octanol–water partition coefficient (Wildman–Crippen LogP) is 6.08. The van der Waals surface area contributed by atoms with E-state index < -0.39 is 53.5 Å². The number of alkyl carbamates (subject to hydrolysis) is 1. The van der Waals surface area contributed by atoms with Crippen molar-refractivity contribution in [2.24, 2.45) is 0 Å². The summed E-state index contributed by atoms with van der Waals surface area (Å²) in [6.07, 6.45) is -6.63. The number of carbonyl (C=O) groups excluding carboxylic acids is 3. The monoisotopic (exact) mass is 589 g/mol. The minimum absolute atomic E-state index is 0.00827. The molecule has 39 heavy (non-hydrogen) atoms. The van der Waals surface area contributed by atoms with Crippen molar-refractivity contribution >= 4 is 47.0 Å². The molecular formula is C26H28ClF4N3O4S. The Morgan fingerprint density at radius 2 is 1.82 bits per heavy atom. The summed E-state index contributed by atoms with van der Waals surface area (Å²) in [5.74, 6) is -2.27. The Bertz CT molecular complexity index is 1220. The lowest BCUT2D eigenvalue weighted by molar-refractivity contribution is -0.135. The third-order valence-corrected chi connectivity index (χ3v) is 6.81. The summed E-state index contributed by atoms with van der Waals surface area (Å²) in [5, 5.41) is 5.34. The van der Waals surface area contributed by atoms with E-state index in [9.17, 15) is 31.9 Å². The lowest BCUT2D eigenvalue weighted by atomic mass is 10.1. The number of hydrogen-bond acceptors (Lipinski definition) is 5. The summed E-state index contributed by atoms with van der Waals surface area (Å²) in [6.45, 7) is 4.74. The van der Waals surface area contributed by atoms with E-state index in [1.165, 1.54) is 11.0 Å². The first-order valence-electron chi connectivity index (χ1n) is 12.0. The van der Waals surface area contributed by atoms with Crippen LogP contribution in [0, 0.1) is 5.82 Å². The van der Waals surface area contributed by atoms with Crippen molar-refractivity contribution in [1.29, 1.82) is 0 Å². The summed E-state index contributed by atoms with van der Waals surface area (Å²) in [6, 6.07) is 7.92. The molecule has 0 saturated heterocycles. The molecule has 2 N–H and O–H groups in total. The van der Waals surface area contributed by atoms with Gasteiger partial charge < -0.3 is 20.3 Å². The fourth-order valence-corrected chi connectivity index (χ4v) is 4.87. The van der Waals surface area contributed by atoms with E-state index in [-0.39, 0.29) is 31.0 Å². The van der Waals surface area contributed by atoms with E-state index in [1.54, 1.807) is 45.0 Å². The molecule has 0 spiro atoms. The smallest absolute Gasteiger partial charge is 0.408 e. The highest BCUT2D eigenvalue weighted by Gasteiger charge is 2.34. The second kappa shape index (κ2) is 12.5. The van der Waals surface area contributed by atoms with Crippen LogP contribution >= 0.6 is 23.4 Å². The Balaban J connectivity index is 1.91. The number of thioether (sulfide) groups is 1. The molecule has 2 aromatic carbocycles. The average Bonchev–Trinajstić information content (AvgIpc) is 2.93. The highest BCUT2D eigenvalue weighted by Crippen LogP contribution is 2.37. The molecule has 7 nitrogen and oxygen atoms in total. The first kappa shape index (κ1) is 30.6. The minimum Gasteiger partial charge on any atom is -0.444 e. The molecule has 2 aromatic rings. The van der Waals surface area contributed by atoms with Gasteiger partial charge in [0.15, 0.2) is 0 Å². The number of rotatable bonds is 7. The van der Waals surface area contributed by atoms with Crippen molar-refractivity contribution in [3.05, 3.63) is 58.4 Å². The van der Waals surface area contributed by atoms with Crippen molar-refractivity contribution in [3.8, 4) is 0 Å². The van der Waals surface area contributed by atoms with E-state index in [0.29, 0.717) is 15.5 Å². The maximum atomic E-state index is 15.0. The molecule has 3 rings (SSSR count). The molecule has 0 fully saturated rings. The lowest BCUT2D eigenvalue weighted by Crippen LogP contribution is -2.50. The van der Waals surface area contributed by atoms with E-state index in [1.807, 2.05) is 0 Å². The molecule has 0 bridgehead atoms. The van der Waals surface area contributed by atoms with Crippen molar-refractivity contribution in [3.63, 3.8) is 0 Å². The molecule has 1 heterocycles. The average molecular weight is 590 g/mol. The van der Waals surface area contributed by atoms with E-state index in [0.717, 1.165) is 17.8 Å². The number of nitrogens with one attached hydrogen (secondary N) is 2. The van der Waals surface area contributed by atoms with Crippen LogP contribution in [0.3, 0.4) is 0 Å². The van der Waals surface area contributed by atoms with Crippen molar-refractivity contribution in [2.45, 2.75) is 62.9 Å². The summed E-state index contributed by atoms with van der Waals surface area (Å²) in [5.41, 5.74) is -0.337. The maximum absolute atomic E-state index is 15.0. The second-order valence-corrected chi connectivity index (χ2v) is 11.3. The van der Waals surface area contributed by atoms with E-state index in [4.69, 9.17) is 16.3 Å². The second-order valence-electron chi connectivity index (χ2n) is 9.84. The van der Waals surface area contributed by atoms with Crippen LogP contribution in [0.25, 0.3) is 0 Å². The molecule has 1 aliphatic rings. The molecule has 13 heteroatoms. The number of anilines is 1. The van der Waals surface area contributed by atoms with Gasteiger partial charge in [0, 0.05) is 28.6 Å². The van der Waals surface area contributed by atoms with Gasteiger partial charge in [-0.2, -0.15) is 13.2 Å². The number of benzene rings is 2. The zero-order valence-corrected chi connectivity index (χ0v) is 23.0. The zero-order valence-electron chi connectivity index (χ0n) is 21.5. The number of amides is 3. The van der Waals surface area contributed by atoms with Gasteiger partial charge in [-0.1, -0.05) is 23.7 Å². The highest BCUT2D eigenvalue weighted by atomic mass is 35.5. The maximum Gasteiger partial charge on any atom is 0.408 e. The van der Waals surface area contributed by atoms with Gasteiger partial charge in [-0.15, -0.1) is 11.8 Å². The fraction of sp³-hybridized carbons (Fsp3) is 0.423. The predicted molar refractivity (Wildman–Crippen MR) is 141 cm³/mol. The number of alkyl halides is 3. The molecule has 1 aliphatic heterocycles. The zero-order chi connectivity index (χ0) is 29.0. The molecule has 0 radical (unpaired) electrons. The van der Waals surface area contributed by atoms with Gasteiger partial charge in [0.1, 0.15) is 17.5 Å². The summed E-state index contributed by atoms with van der Waals surface area (Å²) < 4.78 is 57.5. The van der Waals surface area contributed by atoms with Gasteiger partial charge >= 0.3 is 12.3 Å². The Hall–Kier alpha value is -2.99. The fourth-order valence-electron chi connectivity index (χ4n) is 3.67. The van der Waals surface area contributed by atoms with Gasteiger partial charge in [0.2, 0.25) is 0 Å². The Kier molecular flexibility index (Phi) is 9.76. The van der Waals surface area contributed by atoms with E-state index in [2.05, 4.69) is 10.6 Å². The van der Waals surface area contributed by atoms with Crippen LogP contribution < -0.4 is 15.5 Å². The summed E-state index contributed by atoms with van der Waals surface area (Å²) in [4.78, 5) is 40.4. The van der Waals surface area contributed by atoms with E-state index >= 15 is 0 Å². The number of carbonyl (C=O) groups is 3. The van der Waals surface area contributed by atoms with Crippen LogP contribution in [-0.4, -0.2) is 48.0 Å². The first-order chi connectivity index (χ1) is 18.1. The van der Waals surface area contributed by atoms with Gasteiger partial charge in [-0.25, -0.2) is 9.18 Å². The van der Waals surface area contributed by atoms with Crippen LogP contribution in [0.2, 0.25) is 5.02 Å². The first-order valence-corrected chi connectivity index (χ1v) is 13.4. The summed E-state index contributed by atoms with van der Waals surface area (Å²) in [7, 11) is 0. The standard InChI is InChI=1S/C26H28ClF4N3O4S/c1-25(2,3)38-24(37)33-19-14-39-21-12-18(28)17(22(35)32-10-4-9-26(29,30)31)11-20(21)34(23(19)36)13-15-5-7-16(27)8-6-15/h5-8,11-12,19H,4,9-10,13-14H2,1-3H3,(H,32,35)(H,33,37)/t19-/m0/s1. The number of ether oxygens (including phenoxy) is 1. The van der Waals surface area contributed by atoms with Gasteiger partial charge in [0.05, 0.1) is 17.8 Å². The van der Waals surface area contributed by atoms with Crippen LogP contribution in [0.15, 0.2) is 41.3 Å². The number of fused-ring (bicyclic) bond motifs is 1. The van der Waals surface area contributed by atoms with Crippen LogP contribution in [0.1, 0.15) is 49.5 Å². The molecule has 0 aromatic heterocycles. The molecule has 1 atom stereocenters. The van der Waals surface area contributed by atoms with Crippen molar-refractivity contribution < 1.29 is 36.7 Å². The Labute approximate surface area is 232 Å². The van der Waals surface area contributed by atoms with Crippen LogP contribution in [0.5, 0.6) is 0 Å². The molecule has 3 amide bonds. The SMILES string of the molecule is CC(C)(C)OC(=O)N[C@H]1CSc2cc(F)c(C(=O)NCCCC(F)(F)F)cc2N(Cc2ccc(Cl)cc2)C1=O. The normalized spacial score (nSPS) is 15.8. The van der Waals surface area contributed by atoms with Crippen LogP contribution in [0.4, 0.5) is 28.0 Å². The van der Waals surface area contributed by atoms with Crippen molar-refractivity contribution in [1.82, 2.24) is 10.6 Å². The minimum atomic E-state index is -4.37. The Morgan fingerprint density at radius 1 is 1.15 bits per heavy atom. The largest absolute Gasteiger partial charge is 0.444 e. The third kappa shape index (κ3) is 9.03. The van der Waals surface area contributed by atoms with Gasteiger partial charge in [-0.05, 0) is 57.0 Å². The van der Waals surface area contributed by atoms with Gasteiger partial charge in [0.25, 0.3) is 11.8 Å². The highest BCUT2D eigenvalue weighted by molar-refractivity contribution is 7.99. The number of halogens is 5. The lowest BCUT2D eigenvalue weighted by Gasteiger charge is -2.27. The quantitative estimate of drug-likeness (QED) is 0.302. The number of hydrogen-bond donors (Lipinski definition) is 2. The molecular weight excluding hydrogens is 562 g/mol. The number of nitrogens with zero attached hydrogens (tertiary/aromatic N) is 1. The molecule has 212 valence electrons. The van der Waals surface area contributed by atoms with Crippen LogP contribution in [-0.2, 0) is 16.1 Å². The van der Waals surface area contributed by atoms with Gasteiger partial charge in [-0.3, -0.25) is 9.59 Å². The third-order valence-electron chi connectivity index (χ3n) is 5.42. The molecule has 0 saturated carbocycles. The topological polar surface area (TPSA) is 87.7 Å². The van der Waals surface area contributed by atoms with Crippen molar-refractivity contribution in [2.75, 3.05) is 17.2 Å². The molecule has 0 aliphatic carbocycles. The summed E-state index contributed by atoms with van der Waals surface area (Å²) >= 11 is 7.09. The Morgan fingerprint density at radius 3 is 2.44 bits per heavy atom. The molecule has 0 unspecified atom stereocenters.